The van der Waals surface area contributed by atoms with Crippen LogP contribution in [0.5, 0.6) is 0 Å². The molecule has 2 N–H and O–H groups in total. The zero-order valence-electron chi connectivity index (χ0n) is 19.7. The summed E-state index contributed by atoms with van der Waals surface area (Å²) in [5, 5.41) is 5.60. The zero-order chi connectivity index (χ0) is 24.7. The van der Waals surface area contributed by atoms with E-state index in [9.17, 15) is 14.4 Å². The topological polar surface area (TPSA) is 97.0 Å². The summed E-state index contributed by atoms with van der Waals surface area (Å²) >= 11 is 16.9. The van der Waals surface area contributed by atoms with Gasteiger partial charge in [-0.15, -0.1) is 0 Å². The highest BCUT2D eigenvalue weighted by molar-refractivity contribution is 6.67. The number of carbonyl (C=O) groups is 3. The molecule has 0 aromatic carbocycles. The van der Waals surface area contributed by atoms with Gasteiger partial charge >= 0.3 is 12.1 Å². The number of alkyl carbamates (subject to hydrolysis) is 1. The number of esters is 1. The van der Waals surface area contributed by atoms with Crippen molar-refractivity contribution in [2.75, 3.05) is 26.2 Å². The number of nitrogens with one attached hydrogen (secondary N) is 2. The molecule has 1 rings (SSSR count). The number of hydrogen-bond acceptors (Lipinski definition) is 6. The van der Waals surface area contributed by atoms with Gasteiger partial charge in [0, 0.05) is 19.1 Å². The van der Waals surface area contributed by atoms with Crippen molar-refractivity contribution in [3.63, 3.8) is 0 Å². The fraction of sp³-hybridized carbons (Fsp3) is 0.857. The SMILES string of the molecule is CC(CN1CCCC(C(=O)OCC(Cl)(Cl)Cl)C1)NC(=O)C(NC(=O)OC(C)(C)C)C(C)C. The van der Waals surface area contributed by atoms with E-state index in [0.717, 1.165) is 13.0 Å². The van der Waals surface area contributed by atoms with Crippen LogP contribution in [0, 0.1) is 11.8 Å². The van der Waals surface area contributed by atoms with Crippen LogP contribution < -0.4 is 10.6 Å². The van der Waals surface area contributed by atoms with Gasteiger partial charge in [0.1, 0.15) is 18.2 Å². The first-order valence-electron chi connectivity index (χ1n) is 10.8. The lowest BCUT2D eigenvalue weighted by Gasteiger charge is -2.34. The summed E-state index contributed by atoms with van der Waals surface area (Å²) in [5.41, 5.74) is -0.653. The Hall–Kier alpha value is -0.960. The number of alkyl halides is 3. The fourth-order valence-electron chi connectivity index (χ4n) is 3.42. The highest BCUT2D eigenvalue weighted by Crippen LogP contribution is 2.27. The molecule has 186 valence electrons. The van der Waals surface area contributed by atoms with E-state index in [1.165, 1.54) is 0 Å². The van der Waals surface area contributed by atoms with E-state index in [0.29, 0.717) is 19.5 Å². The number of halogens is 3. The van der Waals surface area contributed by atoms with E-state index >= 15 is 0 Å². The molecule has 8 nitrogen and oxygen atoms in total. The predicted molar refractivity (Wildman–Crippen MR) is 126 cm³/mol. The smallest absolute Gasteiger partial charge is 0.408 e. The van der Waals surface area contributed by atoms with Crippen LogP contribution >= 0.6 is 34.8 Å². The van der Waals surface area contributed by atoms with E-state index in [2.05, 4.69) is 15.5 Å². The molecule has 2 amide bonds. The minimum absolute atomic E-state index is 0.123. The number of nitrogens with zero attached hydrogens (tertiary/aromatic N) is 1. The van der Waals surface area contributed by atoms with Crippen molar-refractivity contribution in [3.05, 3.63) is 0 Å². The third-order valence-corrected chi connectivity index (χ3v) is 5.09. The fourth-order valence-corrected chi connectivity index (χ4v) is 3.58. The average Bonchev–Trinajstić information content (AvgIpc) is 2.61. The lowest BCUT2D eigenvalue weighted by molar-refractivity contribution is -0.150. The molecule has 0 aromatic heterocycles. The van der Waals surface area contributed by atoms with Crippen molar-refractivity contribution in [1.29, 1.82) is 0 Å². The molecule has 1 aliphatic heterocycles. The van der Waals surface area contributed by atoms with Crippen LogP contribution in [0.2, 0.25) is 0 Å². The summed E-state index contributed by atoms with van der Waals surface area (Å²) in [5.74, 6) is -1.11. The standard InChI is InChI=1S/C21H36Cl3N3O5/c1-13(2)16(26-19(30)32-20(4,5)6)17(28)25-14(3)10-27-9-7-8-15(11-27)18(29)31-12-21(22,23)24/h13-16H,7-12H2,1-6H3,(H,25,28)(H,26,30). The number of rotatable bonds is 8. The second kappa shape index (κ2) is 12.5. The molecular weight excluding hydrogens is 481 g/mol. The van der Waals surface area contributed by atoms with Crippen LogP contribution in [0.4, 0.5) is 4.79 Å². The summed E-state index contributed by atoms with van der Waals surface area (Å²) in [6, 6.07) is -0.918. The van der Waals surface area contributed by atoms with Gasteiger partial charge in [-0.25, -0.2) is 4.79 Å². The molecule has 3 unspecified atom stereocenters. The average molecular weight is 517 g/mol. The number of ether oxygens (including phenoxy) is 2. The highest BCUT2D eigenvalue weighted by atomic mass is 35.6. The van der Waals surface area contributed by atoms with E-state index in [-0.39, 0.29) is 36.4 Å². The van der Waals surface area contributed by atoms with Crippen LogP contribution in [0.1, 0.15) is 54.4 Å². The van der Waals surface area contributed by atoms with E-state index in [1.54, 1.807) is 20.8 Å². The molecule has 1 heterocycles. The van der Waals surface area contributed by atoms with Gasteiger partial charge in [-0.3, -0.25) is 9.59 Å². The Morgan fingerprint density at radius 1 is 1.09 bits per heavy atom. The first kappa shape index (κ1) is 29.1. The van der Waals surface area contributed by atoms with Gasteiger partial charge in [0.25, 0.3) is 0 Å². The van der Waals surface area contributed by atoms with E-state index < -0.39 is 21.5 Å². The Labute approximate surface area is 206 Å². The Morgan fingerprint density at radius 2 is 1.72 bits per heavy atom. The van der Waals surface area contributed by atoms with Crippen molar-refractivity contribution >= 4 is 52.8 Å². The van der Waals surface area contributed by atoms with Gasteiger partial charge in [0.2, 0.25) is 9.70 Å². The minimum Gasteiger partial charge on any atom is -0.461 e. The number of hydrogen-bond donors (Lipinski definition) is 2. The second-order valence-electron chi connectivity index (χ2n) is 9.60. The van der Waals surface area contributed by atoms with Gasteiger partial charge in [-0.1, -0.05) is 48.7 Å². The monoisotopic (exact) mass is 515 g/mol. The van der Waals surface area contributed by atoms with E-state index in [1.807, 2.05) is 20.8 Å². The third kappa shape index (κ3) is 11.8. The lowest BCUT2D eigenvalue weighted by Crippen LogP contribution is -2.54. The maximum atomic E-state index is 12.8. The van der Waals surface area contributed by atoms with Gasteiger partial charge in [-0.2, -0.15) is 0 Å². The molecule has 11 heteroatoms. The molecule has 32 heavy (non-hydrogen) atoms. The third-order valence-electron chi connectivity index (χ3n) is 4.76. The van der Waals surface area contributed by atoms with Crippen LogP contribution in [0.25, 0.3) is 0 Å². The molecule has 0 bridgehead atoms. The Morgan fingerprint density at radius 3 is 2.25 bits per heavy atom. The zero-order valence-corrected chi connectivity index (χ0v) is 21.9. The second-order valence-corrected chi connectivity index (χ2v) is 12.1. The largest absolute Gasteiger partial charge is 0.461 e. The summed E-state index contributed by atoms with van der Waals surface area (Å²) in [4.78, 5) is 39.3. The summed E-state index contributed by atoms with van der Waals surface area (Å²) in [6.07, 6.45) is 0.889. The molecule has 0 radical (unpaired) electrons. The van der Waals surface area contributed by atoms with Gasteiger partial charge in [0.15, 0.2) is 0 Å². The predicted octanol–water partition coefficient (Wildman–Crippen LogP) is 3.67. The maximum absolute atomic E-state index is 12.8. The van der Waals surface area contributed by atoms with Gasteiger partial charge in [-0.05, 0) is 53.0 Å². The Balaban J connectivity index is 2.57. The van der Waals surface area contributed by atoms with E-state index in [4.69, 9.17) is 44.3 Å². The molecule has 1 fully saturated rings. The molecule has 3 atom stereocenters. The van der Waals surface area contributed by atoms with Crippen LogP contribution in [0.15, 0.2) is 0 Å². The molecule has 0 saturated carbocycles. The summed E-state index contributed by atoms with van der Waals surface area (Å²) in [7, 11) is 0. The molecule has 0 spiro atoms. The van der Waals surface area contributed by atoms with Crippen molar-refractivity contribution in [2.24, 2.45) is 11.8 Å². The lowest BCUT2D eigenvalue weighted by atomic mass is 9.97. The number of amides is 2. The maximum Gasteiger partial charge on any atom is 0.408 e. The molecule has 0 aliphatic carbocycles. The molecule has 1 saturated heterocycles. The Kier molecular flexibility index (Phi) is 11.3. The minimum atomic E-state index is -1.64. The number of piperidine rings is 1. The van der Waals surface area contributed by atoms with Crippen molar-refractivity contribution in [2.45, 2.75) is 75.9 Å². The number of carbonyl (C=O) groups excluding carboxylic acids is 3. The first-order valence-corrected chi connectivity index (χ1v) is 12.0. The normalized spacial score (nSPS) is 19.8. The molecular formula is C21H36Cl3N3O5. The Bertz CT molecular complexity index is 650. The molecule has 1 aliphatic rings. The van der Waals surface area contributed by atoms with Gasteiger partial charge in [0.05, 0.1) is 5.92 Å². The molecule has 0 aromatic rings. The van der Waals surface area contributed by atoms with Crippen LogP contribution in [-0.2, 0) is 19.1 Å². The van der Waals surface area contributed by atoms with Crippen LogP contribution in [0.3, 0.4) is 0 Å². The summed E-state index contributed by atoms with van der Waals surface area (Å²) < 4.78 is 8.74. The number of likely N-dealkylation sites (tertiary alicyclic amines) is 1. The van der Waals surface area contributed by atoms with Gasteiger partial charge < -0.3 is 25.0 Å². The van der Waals surface area contributed by atoms with Crippen molar-refractivity contribution < 1.29 is 23.9 Å². The van der Waals surface area contributed by atoms with Crippen molar-refractivity contribution in [1.82, 2.24) is 15.5 Å². The first-order chi connectivity index (χ1) is 14.6. The van der Waals surface area contributed by atoms with Crippen LogP contribution in [-0.4, -0.2) is 70.6 Å². The highest BCUT2D eigenvalue weighted by Gasteiger charge is 2.31. The quantitative estimate of drug-likeness (QED) is 0.377. The van der Waals surface area contributed by atoms with Crippen molar-refractivity contribution in [3.8, 4) is 0 Å². The summed E-state index contributed by atoms with van der Waals surface area (Å²) in [6.45, 7) is 12.4.